The lowest BCUT2D eigenvalue weighted by Gasteiger charge is -2.29. The van der Waals surface area contributed by atoms with Gasteiger partial charge in [-0.1, -0.05) is 22.0 Å². The summed E-state index contributed by atoms with van der Waals surface area (Å²) in [6, 6.07) is 10.1. The number of ether oxygens (including phenoxy) is 1. The molecule has 0 aliphatic carbocycles. The zero-order valence-electron chi connectivity index (χ0n) is 13.7. The van der Waals surface area contributed by atoms with Crippen molar-refractivity contribution >= 4 is 38.5 Å². The second-order valence-corrected chi connectivity index (χ2v) is 6.74. The van der Waals surface area contributed by atoms with E-state index >= 15 is 0 Å². The topological polar surface area (TPSA) is 63.2 Å². The summed E-state index contributed by atoms with van der Waals surface area (Å²) >= 11 is 3.51. The fourth-order valence-electron chi connectivity index (χ4n) is 2.98. The smallest absolute Gasteiger partial charge is 0.137 e. The number of nitrogens with zero attached hydrogens (tertiary/aromatic N) is 4. The van der Waals surface area contributed by atoms with Crippen LogP contribution in [-0.4, -0.2) is 41.3 Å². The van der Waals surface area contributed by atoms with E-state index in [0.29, 0.717) is 6.54 Å². The molecule has 1 fully saturated rings. The SMILES string of the molecule is Brc1ccc2ncnc(NCc3cccnc3N3CCOCC3)c2c1. The van der Waals surface area contributed by atoms with Crippen molar-refractivity contribution in [3.05, 3.63) is 52.9 Å². The Morgan fingerprint density at radius 3 is 2.88 bits per heavy atom. The number of fused-ring (bicyclic) bond motifs is 1. The fourth-order valence-corrected chi connectivity index (χ4v) is 3.34. The van der Waals surface area contributed by atoms with Gasteiger partial charge in [0.25, 0.3) is 0 Å². The second-order valence-electron chi connectivity index (χ2n) is 5.82. The minimum absolute atomic E-state index is 0.652. The predicted octanol–water partition coefficient (Wildman–Crippen LogP) is 3.24. The maximum Gasteiger partial charge on any atom is 0.137 e. The van der Waals surface area contributed by atoms with Gasteiger partial charge >= 0.3 is 0 Å². The van der Waals surface area contributed by atoms with Crippen molar-refractivity contribution < 1.29 is 4.74 Å². The summed E-state index contributed by atoms with van der Waals surface area (Å²) in [5.41, 5.74) is 2.06. The van der Waals surface area contributed by atoms with Crippen molar-refractivity contribution in [1.29, 1.82) is 0 Å². The fraction of sp³-hybridized carbons (Fsp3) is 0.278. The van der Waals surface area contributed by atoms with Gasteiger partial charge in [-0.05, 0) is 24.3 Å². The molecule has 0 atom stereocenters. The van der Waals surface area contributed by atoms with Gasteiger partial charge < -0.3 is 15.0 Å². The third-order valence-electron chi connectivity index (χ3n) is 4.22. The molecule has 1 aromatic carbocycles. The first-order valence-electron chi connectivity index (χ1n) is 8.22. The van der Waals surface area contributed by atoms with Crippen LogP contribution < -0.4 is 10.2 Å². The highest BCUT2D eigenvalue weighted by atomic mass is 79.9. The molecule has 7 heteroatoms. The molecule has 3 aromatic rings. The Balaban J connectivity index is 1.59. The lowest BCUT2D eigenvalue weighted by Crippen LogP contribution is -2.37. The van der Waals surface area contributed by atoms with E-state index < -0.39 is 0 Å². The Labute approximate surface area is 154 Å². The van der Waals surface area contributed by atoms with Crippen LogP contribution in [0.25, 0.3) is 10.9 Å². The summed E-state index contributed by atoms with van der Waals surface area (Å²) in [6.07, 6.45) is 3.43. The van der Waals surface area contributed by atoms with Crippen LogP contribution in [0.3, 0.4) is 0 Å². The zero-order chi connectivity index (χ0) is 17.1. The third-order valence-corrected chi connectivity index (χ3v) is 4.72. The molecule has 1 aliphatic heterocycles. The van der Waals surface area contributed by atoms with Crippen molar-refractivity contribution in [2.75, 3.05) is 36.5 Å². The average molecular weight is 400 g/mol. The molecule has 0 spiro atoms. The number of hydrogen-bond acceptors (Lipinski definition) is 6. The highest BCUT2D eigenvalue weighted by Crippen LogP contribution is 2.25. The number of nitrogens with one attached hydrogen (secondary N) is 1. The van der Waals surface area contributed by atoms with Crippen molar-refractivity contribution in [3.8, 4) is 0 Å². The minimum atomic E-state index is 0.652. The van der Waals surface area contributed by atoms with Crippen LogP contribution >= 0.6 is 15.9 Å². The maximum absolute atomic E-state index is 5.44. The van der Waals surface area contributed by atoms with Gasteiger partial charge in [0.2, 0.25) is 0 Å². The molecule has 25 heavy (non-hydrogen) atoms. The van der Waals surface area contributed by atoms with E-state index in [0.717, 1.165) is 58.9 Å². The molecular formula is C18H18BrN5O. The summed E-state index contributed by atoms with van der Waals surface area (Å²) in [5, 5.41) is 4.43. The lowest BCUT2D eigenvalue weighted by atomic mass is 10.2. The summed E-state index contributed by atoms with van der Waals surface area (Å²) in [5.74, 6) is 1.83. The molecule has 0 unspecified atom stereocenters. The van der Waals surface area contributed by atoms with Crippen molar-refractivity contribution in [2.45, 2.75) is 6.54 Å². The van der Waals surface area contributed by atoms with E-state index in [1.807, 2.05) is 30.5 Å². The number of pyridine rings is 1. The molecule has 6 nitrogen and oxygen atoms in total. The normalized spacial score (nSPS) is 14.7. The number of aromatic nitrogens is 3. The second kappa shape index (κ2) is 7.33. The Hall–Kier alpha value is -2.25. The van der Waals surface area contributed by atoms with E-state index in [2.05, 4.69) is 47.2 Å². The van der Waals surface area contributed by atoms with Gasteiger partial charge in [-0.25, -0.2) is 15.0 Å². The first kappa shape index (κ1) is 16.2. The molecule has 0 radical (unpaired) electrons. The Bertz CT molecular complexity index is 882. The number of hydrogen-bond donors (Lipinski definition) is 1. The number of anilines is 2. The van der Waals surface area contributed by atoms with E-state index in [1.54, 1.807) is 6.33 Å². The van der Waals surface area contributed by atoms with E-state index in [-0.39, 0.29) is 0 Å². The van der Waals surface area contributed by atoms with E-state index in [9.17, 15) is 0 Å². The van der Waals surface area contributed by atoms with Crippen molar-refractivity contribution in [3.63, 3.8) is 0 Å². The number of morpholine rings is 1. The molecule has 0 amide bonds. The maximum atomic E-state index is 5.44. The molecular weight excluding hydrogens is 382 g/mol. The number of halogens is 1. The first-order valence-corrected chi connectivity index (χ1v) is 9.01. The standard InChI is InChI=1S/C18H18BrN5O/c19-14-3-4-16-15(10-14)17(23-12-22-16)21-11-13-2-1-5-20-18(13)24-6-8-25-9-7-24/h1-5,10,12H,6-9,11H2,(H,21,22,23). The molecule has 2 aromatic heterocycles. The summed E-state index contributed by atoms with van der Waals surface area (Å²) in [6.45, 7) is 3.88. The van der Waals surface area contributed by atoms with Gasteiger partial charge in [0, 0.05) is 41.3 Å². The van der Waals surface area contributed by atoms with Gasteiger partial charge in [0.05, 0.1) is 18.7 Å². The number of rotatable bonds is 4. The Morgan fingerprint density at radius 2 is 2.00 bits per heavy atom. The van der Waals surface area contributed by atoms with E-state index in [4.69, 9.17) is 4.74 Å². The predicted molar refractivity (Wildman–Crippen MR) is 102 cm³/mol. The van der Waals surface area contributed by atoms with Crippen LogP contribution in [0.2, 0.25) is 0 Å². The summed E-state index contributed by atoms with van der Waals surface area (Å²) in [7, 11) is 0. The zero-order valence-corrected chi connectivity index (χ0v) is 15.2. The van der Waals surface area contributed by atoms with Crippen LogP contribution in [-0.2, 0) is 11.3 Å². The average Bonchev–Trinajstić information content (AvgIpc) is 2.67. The highest BCUT2D eigenvalue weighted by Gasteiger charge is 2.16. The monoisotopic (exact) mass is 399 g/mol. The molecule has 128 valence electrons. The van der Waals surface area contributed by atoms with Gasteiger partial charge in [-0.3, -0.25) is 0 Å². The molecule has 1 aliphatic rings. The van der Waals surface area contributed by atoms with Gasteiger partial charge in [0.1, 0.15) is 18.0 Å². The Kier molecular flexibility index (Phi) is 4.76. The van der Waals surface area contributed by atoms with Gasteiger partial charge in [-0.2, -0.15) is 0 Å². The van der Waals surface area contributed by atoms with Crippen LogP contribution in [0, 0.1) is 0 Å². The van der Waals surface area contributed by atoms with Crippen LogP contribution in [0.1, 0.15) is 5.56 Å². The summed E-state index contributed by atoms with van der Waals surface area (Å²) in [4.78, 5) is 15.6. The van der Waals surface area contributed by atoms with Crippen molar-refractivity contribution in [1.82, 2.24) is 15.0 Å². The molecule has 0 bridgehead atoms. The molecule has 4 rings (SSSR count). The van der Waals surface area contributed by atoms with Crippen LogP contribution in [0.15, 0.2) is 47.3 Å². The number of benzene rings is 1. The van der Waals surface area contributed by atoms with Crippen molar-refractivity contribution in [2.24, 2.45) is 0 Å². The largest absolute Gasteiger partial charge is 0.378 e. The Morgan fingerprint density at radius 1 is 1.12 bits per heavy atom. The van der Waals surface area contributed by atoms with Crippen LogP contribution in [0.4, 0.5) is 11.6 Å². The highest BCUT2D eigenvalue weighted by molar-refractivity contribution is 9.10. The quantitative estimate of drug-likeness (QED) is 0.726. The van der Waals surface area contributed by atoms with Gasteiger partial charge in [-0.15, -0.1) is 0 Å². The molecule has 3 heterocycles. The molecule has 0 saturated carbocycles. The van der Waals surface area contributed by atoms with E-state index in [1.165, 1.54) is 0 Å². The minimum Gasteiger partial charge on any atom is -0.378 e. The third kappa shape index (κ3) is 3.57. The molecule has 1 N–H and O–H groups in total. The van der Waals surface area contributed by atoms with Crippen LogP contribution in [0.5, 0.6) is 0 Å². The summed E-state index contributed by atoms with van der Waals surface area (Å²) < 4.78 is 6.45. The van der Waals surface area contributed by atoms with Gasteiger partial charge in [0.15, 0.2) is 0 Å². The lowest BCUT2D eigenvalue weighted by molar-refractivity contribution is 0.122. The first-order chi connectivity index (χ1) is 12.3. The molecule has 1 saturated heterocycles.